The molecule has 102 valence electrons. The average molecular weight is 260 g/mol. The average Bonchev–Trinajstić information content (AvgIpc) is 2.43. The maximum Gasteiger partial charge on any atom is 0.132 e. The van der Waals surface area contributed by atoms with Crippen molar-refractivity contribution >= 4 is 10.8 Å². The van der Waals surface area contributed by atoms with E-state index in [9.17, 15) is 5.11 Å². The van der Waals surface area contributed by atoms with Gasteiger partial charge in [0, 0.05) is 17.6 Å². The van der Waals surface area contributed by atoms with Gasteiger partial charge in [-0.25, -0.2) is 0 Å². The van der Waals surface area contributed by atoms with Crippen molar-refractivity contribution in [3.05, 3.63) is 42.0 Å². The summed E-state index contributed by atoms with van der Waals surface area (Å²) in [7, 11) is 0. The highest BCUT2D eigenvalue weighted by Crippen LogP contribution is 2.33. The van der Waals surface area contributed by atoms with Crippen LogP contribution in [-0.2, 0) is 0 Å². The maximum atomic E-state index is 9.85. The molecule has 0 saturated carbocycles. The quantitative estimate of drug-likeness (QED) is 0.785. The normalized spacial score (nSPS) is 12.6. The van der Waals surface area contributed by atoms with Gasteiger partial charge in [0.15, 0.2) is 0 Å². The van der Waals surface area contributed by atoms with E-state index >= 15 is 0 Å². The van der Waals surface area contributed by atoms with Crippen LogP contribution >= 0.6 is 0 Å². The molecular weight excluding hydrogens is 240 g/mol. The Hall–Kier alpha value is -1.58. The van der Waals surface area contributed by atoms with Gasteiger partial charge in [0.25, 0.3) is 0 Å². The minimum absolute atomic E-state index is 0.183. The molecule has 0 fully saturated rings. The Morgan fingerprint density at radius 1 is 1.11 bits per heavy atom. The standard InChI is InChI=1S/C16H20O3/c1-12(18)14-9-8-13-6-2-3-7-15(13)16(14)19-11-5-4-10-17/h2-3,6-9,12,17-18H,4-5,10-11H2,1H3/t12-/m1/s1. The molecular formula is C16H20O3. The summed E-state index contributed by atoms with van der Waals surface area (Å²) in [6, 6.07) is 11.9. The Bertz CT molecular complexity index is 535. The van der Waals surface area contributed by atoms with Crippen molar-refractivity contribution in [3.8, 4) is 5.75 Å². The maximum absolute atomic E-state index is 9.85. The lowest BCUT2D eigenvalue weighted by Crippen LogP contribution is -2.03. The van der Waals surface area contributed by atoms with Crippen LogP contribution in [0.2, 0.25) is 0 Å². The van der Waals surface area contributed by atoms with Gasteiger partial charge in [0.05, 0.1) is 12.7 Å². The summed E-state index contributed by atoms with van der Waals surface area (Å²) < 4.78 is 5.84. The topological polar surface area (TPSA) is 49.7 Å². The molecule has 2 aromatic carbocycles. The molecule has 0 spiro atoms. The third kappa shape index (κ3) is 3.25. The number of aliphatic hydroxyl groups excluding tert-OH is 2. The largest absolute Gasteiger partial charge is 0.493 e. The van der Waals surface area contributed by atoms with Gasteiger partial charge in [-0.2, -0.15) is 0 Å². The lowest BCUT2D eigenvalue weighted by molar-refractivity contribution is 0.190. The molecule has 0 unspecified atom stereocenters. The first-order valence-electron chi connectivity index (χ1n) is 6.67. The molecule has 0 aliphatic carbocycles. The van der Waals surface area contributed by atoms with Crippen molar-refractivity contribution in [2.75, 3.05) is 13.2 Å². The predicted molar refractivity (Wildman–Crippen MR) is 76.4 cm³/mol. The molecule has 0 radical (unpaired) electrons. The molecule has 0 aromatic heterocycles. The summed E-state index contributed by atoms with van der Waals surface area (Å²) >= 11 is 0. The number of ether oxygens (including phenoxy) is 1. The van der Waals surface area contributed by atoms with Crippen LogP contribution in [0.4, 0.5) is 0 Å². The second-order valence-electron chi connectivity index (χ2n) is 4.66. The molecule has 1 atom stereocenters. The molecule has 2 N–H and O–H groups in total. The van der Waals surface area contributed by atoms with E-state index in [-0.39, 0.29) is 6.61 Å². The van der Waals surface area contributed by atoms with E-state index in [1.165, 1.54) is 0 Å². The van der Waals surface area contributed by atoms with Crippen molar-refractivity contribution in [2.45, 2.75) is 25.9 Å². The number of rotatable bonds is 6. The first-order chi connectivity index (χ1) is 9.24. The highest BCUT2D eigenvalue weighted by molar-refractivity contribution is 5.89. The Morgan fingerprint density at radius 3 is 2.63 bits per heavy atom. The van der Waals surface area contributed by atoms with E-state index < -0.39 is 6.10 Å². The molecule has 19 heavy (non-hydrogen) atoms. The Kier molecular flexibility index (Phi) is 4.77. The predicted octanol–water partition coefficient (Wildman–Crippen LogP) is 3.04. The lowest BCUT2D eigenvalue weighted by atomic mass is 10.0. The second kappa shape index (κ2) is 6.55. The molecule has 0 heterocycles. The van der Waals surface area contributed by atoms with Crippen LogP contribution in [0.3, 0.4) is 0 Å². The SMILES string of the molecule is C[C@@H](O)c1ccc2ccccc2c1OCCCCO. The molecule has 0 aliphatic heterocycles. The highest BCUT2D eigenvalue weighted by atomic mass is 16.5. The highest BCUT2D eigenvalue weighted by Gasteiger charge is 2.12. The fraction of sp³-hybridized carbons (Fsp3) is 0.375. The first-order valence-corrected chi connectivity index (χ1v) is 6.67. The van der Waals surface area contributed by atoms with E-state index in [0.717, 1.165) is 34.9 Å². The van der Waals surface area contributed by atoms with E-state index in [1.807, 2.05) is 36.4 Å². The molecule has 0 amide bonds. The van der Waals surface area contributed by atoms with E-state index in [2.05, 4.69) is 0 Å². The molecule has 0 saturated heterocycles. The number of hydrogen-bond donors (Lipinski definition) is 2. The molecule has 2 aromatic rings. The monoisotopic (exact) mass is 260 g/mol. The van der Waals surface area contributed by atoms with E-state index in [4.69, 9.17) is 9.84 Å². The molecule has 3 nitrogen and oxygen atoms in total. The summed E-state index contributed by atoms with van der Waals surface area (Å²) in [5.74, 6) is 0.756. The van der Waals surface area contributed by atoms with Gasteiger partial charge in [-0.05, 0) is 25.2 Å². The van der Waals surface area contributed by atoms with Gasteiger partial charge in [-0.3, -0.25) is 0 Å². The molecule has 0 bridgehead atoms. The summed E-state index contributed by atoms with van der Waals surface area (Å²) in [4.78, 5) is 0. The number of benzene rings is 2. The summed E-state index contributed by atoms with van der Waals surface area (Å²) in [6.45, 7) is 2.47. The zero-order chi connectivity index (χ0) is 13.7. The Balaban J connectivity index is 2.33. The third-order valence-electron chi connectivity index (χ3n) is 3.16. The second-order valence-corrected chi connectivity index (χ2v) is 4.66. The van der Waals surface area contributed by atoms with Crippen molar-refractivity contribution < 1.29 is 14.9 Å². The van der Waals surface area contributed by atoms with Gasteiger partial charge in [-0.15, -0.1) is 0 Å². The van der Waals surface area contributed by atoms with Crippen LogP contribution in [0.1, 0.15) is 31.4 Å². The van der Waals surface area contributed by atoms with Gasteiger partial charge in [0.1, 0.15) is 5.75 Å². The molecule has 2 rings (SSSR count). The van der Waals surface area contributed by atoms with E-state index in [1.54, 1.807) is 6.92 Å². The van der Waals surface area contributed by atoms with Crippen molar-refractivity contribution in [1.29, 1.82) is 0 Å². The van der Waals surface area contributed by atoms with Crippen LogP contribution < -0.4 is 4.74 Å². The number of hydrogen-bond acceptors (Lipinski definition) is 3. The van der Waals surface area contributed by atoms with Crippen LogP contribution in [-0.4, -0.2) is 23.4 Å². The van der Waals surface area contributed by atoms with Crippen LogP contribution in [0, 0.1) is 0 Å². The van der Waals surface area contributed by atoms with Crippen LogP contribution in [0.25, 0.3) is 10.8 Å². The number of unbranched alkanes of at least 4 members (excludes halogenated alkanes) is 1. The zero-order valence-electron chi connectivity index (χ0n) is 11.2. The summed E-state index contributed by atoms with van der Waals surface area (Å²) in [5, 5.41) is 20.7. The van der Waals surface area contributed by atoms with Gasteiger partial charge in [-0.1, -0.05) is 36.4 Å². The minimum Gasteiger partial charge on any atom is -0.493 e. The molecule has 0 aliphatic rings. The van der Waals surface area contributed by atoms with Crippen molar-refractivity contribution in [1.82, 2.24) is 0 Å². The van der Waals surface area contributed by atoms with Gasteiger partial charge >= 0.3 is 0 Å². The molecule has 3 heteroatoms. The zero-order valence-corrected chi connectivity index (χ0v) is 11.2. The number of aliphatic hydroxyl groups is 2. The van der Waals surface area contributed by atoms with Crippen molar-refractivity contribution in [3.63, 3.8) is 0 Å². The smallest absolute Gasteiger partial charge is 0.132 e. The Morgan fingerprint density at radius 2 is 1.89 bits per heavy atom. The third-order valence-corrected chi connectivity index (χ3v) is 3.16. The lowest BCUT2D eigenvalue weighted by Gasteiger charge is -2.16. The minimum atomic E-state index is -0.558. The van der Waals surface area contributed by atoms with Gasteiger partial charge < -0.3 is 14.9 Å². The Labute approximate surface area is 113 Å². The van der Waals surface area contributed by atoms with Crippen LogP contribution in [0.15, 0.2) is 36.4 Å². The fourth-order valence-electron chi connectivity index (χ4n) is 2.14. The van der Waals surface area contributed by atoms with Crippen molar-refractivity contribution in [2.24, 2.45) is 0 Å². The van der Waals surface area contributed by atoms with E-state index in [0.29, 0.717) is 6.61 Å². The van der Waals surface area contributed by atoms with Gasteiger partial charge in [0.2, 0.25) is 0 Å². The number of fused-ring (bicyclic) bond motifs is 1. The fourth-order valence-corrected chi connectivity index (χ4v) is 2.14. The first kappa shape index (κ1) is 13.8. The van der Waals surface area contributed by atoms with Crippen LogP contribution in [0.5, 0.6) is 5.75 Å². The summed E-state index contributed by atoms with van der Waals surface area (Å²) in [6.07, 6.45) is 0.978. The summed E-state index contributed by atoms with van der Waals surface area (Å²) in [5.41, 5.74) is 0.808.